The predicted molar refractivity (Wildman–Crippen MR) is 75.9 cm³/mol. The molecule has 0 aromatic rings. The fourth-order valence-corrected chi connectivity index (χ4v) is 2.38. The third-order valence-corrected chi connectivity index (χ3v) is 3.34. The van der Waals surface area contributed by atoms with Gasteiger partial charge in [0.05, 0.1) is 5.70 Å². The van der Waals surface area contributed by atoms with E-state index in [2.05, 4.69) is 51.9 Å². The van der Waals surface area contributed by atoms with Crippen LogP contribution in [0.3, 0.4) is 0 Å². The molecule has 0 amide bonds. The lowest BCUT2D eigenvalue weighted by molar-refractivity contribution is 0.757. The molecule has 0 fully saturated rings. The number of hydrogen-bond acceptors (Lipinski definition) is 3. The van der Waals surface area contributed by atoms with Crippen LogP contribution in [0, 0.1) is 5.92 Å². The van der Waals surface area contributed by atoms with Crippen molar-refractivity contribution in [2.24, 2.45) is 15.9 Å². The molecule has 0 aromatic heterocycles. The summed E-state index contributed by atoms with van der Waals surface area (Å²) in [6.07, 6.45) is 18.9. The van der Waals surface area contributed by atoms with Crippen molar-refractivity contribution in [1.29, 1.82) is 0 Å². The minimum Gasteiger partial charge on any atom is -0.387 e. The number of rotatable bonds is 2. The summed E-state index contributed by atoms with van der Waals surface area (Å²) in [7, 11) is 0. The number of allylic oxidation sites excluding steroid dienone is 4. The number of dihydropyridines is 2. The van der Waals surface area contributed by atoms with Crippen LogP contribution in [0.2, 0.25) is 0 Å². The van der Waals surface area contributed by atoms with Gasteiger partial charge in [-0.05, 0) is 12.0 Å². The molecule has 0 spiro atoms. The molecule has 2 unspecified atom stereocenters. The van der Waals surface area contributed by atoms with E-state index in [0.717, 1.165) is 25.1 Å². The van der Waals surface area contributed by atoms with Crippen LogP contribution in [0.5, 0.6) is 0 Å². The highest BCUT2D eigenvalue weighted by Crippen LogP contribution is 2.26. The molecule has 0 radical (unpaired) electrons. The highest BCUT2D eigenvalue weighted by atomic mass is 14.9. The summed E-state index contributed by atoms with van der Waals surface area (Å²) >= 11 is 0. The summed E-state index contributed by atoms with van der Waals surface area (Å²) in [5.41, 5.74) is 2.40. The van der Waals surface area contributed by atoms with Gasteiger partial charge in [0.2, 0.25) is 0 Å². The van der Waals surface area contributed by atoms with Crippen LogP contribution in [0.1, 0.15) is 12.8 Å². The Morgan fingerprint density at radius 3 is 3.00 bits per heavy atom. The maximum absolute atomic E-state index is 4.50. The highest BCUT2D eigenvalue weighted by Gasteiger charge is 2.18. The number of nitrogens with zero attached hydrogens (tertiary/aromatic N) is 2. The monoisotopic (exact) mass is 239 g/mol. The maximum Gasteiger partial charge on any atom is 0.109 e. The van der Waals surface area contributed by atoms with Gasteiger partial charge >= 0.3 is 0 Å². The first-order valence-corrected chi connectivity index (χ1v) is 6.46. The van der Waals surface area contributed by atoms with Gasteiger partial charge in [0.1, 0.15) is 6.04 Å². The molecule has 0 aromatic carbocycles. The Morgan fingerprint density at radius 2 is 2.22 bits per heavy atom. The van der Waals surface area contributed by atoms with Crippen LogP contribution in [-0.4, -0.2) is 25.0 Å². The fraction of sp³-hybridized carbons (Fsp3) is 0.333. The topological polar surface area (TPSA) is 36.8 Å². The molecule has 3 heterocycles. The van der Waals surface area contributed by atoms with E-state index in [9.17, 15) is 0 Å². The van der Waals surface area contributed by atoms with E-state index in [1.54, 1.807) is 0 Å². The largest absolute Gasteiger partial charge is 0.387 e. The van der Waals surface area contributed by atoms with Gasteiger partial charge in [-0.1, -0.05) is 30.4 Å². The molecule has 3 aliphatic heterocycles. The van der Waals surface area contributed by atoms with E-state index < -0.39 is 0 Å². The molecule has 3 aliphatic rings. The third-order valence-electron chi connectivity index (χ3n) is 3.34. The Bertz CT molecular complexity index is 480. The van der Waals surface area contributed by atoms with Gasteiger partial charge in [0.25, 0.3) is 0 Å². The second-order valence-corrected chi connectivity index (χ2v) is 4.64. The van der Waals surface area contributed by atoms with Crippen molar-refractivity contribution in [3.8, 4) is 0 Å². The maximum atomic E-state index is 4.50. The summed E-state index contributed by atoms with van der Waals surface area (Å²) in [5, 5.41) is 3.26. The quantitative estimate of drug-likeness (QED) is 0.738. The Labute approximate surface area is 107 Å². The second kappa shape index (κ2) is 5.17. The first-order valence-electron chi connectivity index (χ1n) is 6.46. The zero-order valence-electron chi connectivity index (χ0n) is 10.3. The number of aliphatic imine (C=N–C) groups is 2. The molecular weight excluding hydrogens is 222 g/mol. The van der Waals surface area contributed by atoms with Crippen LogP contribution in [-0.2, 0) is 0 Å². The zero-order valence-corrected chi connectivity index (χ0v) is 10.3. The van der Waals surface area contributed by atoms with Gasteiger partial charge in [-0.3, -0.25) is 9.98 Å². The van der Waals surface area contributed by atoms with Crippen LogP contribution < -0.4 is 5.32 Å². The smallest absolute Gasteiger partial charge is 0.109 e. The van der Waals surface area contributed by atoms with Crippen LogP contribution >= 0.6 is 0 Å². The fourth-order valence-electron chi connectivity index (χ4n) is 2.38. The lowest BCUT2D eigenvalue weighted by Crippen LogP contribution is -2.17. The number of hydrogen-bond donors (Lipinski definition) is 1. The van der Waals surface area contributed by atoms with E-state index in [0.29, 0.717) is 5.92 Å². The molecule has 0 aliphatic carbocycles. The second-order valence-electron chi connectivity index (χ2n) is 4.64. The molecule has 0 saturated carbocycles. The Balaban J connectivity index is 1.80. The van der Waals surface area contributed by atoms with Crippen LogP contribution in [0.15, 0.2) is 57.8 Å². The molecule has 0 saturated heterocycles. The number of nitrogens with one attached hydrogen (secondary N) is 1. The average Bonchev–Trinajstić information content (AvgIpc) is 2.49. The van der Waals surface area contributed by atoms with E-state index in [4.69, 9.17) is 0 Å². The lowest BCUT2D eigenvalue weighted by atomic mass is 9.91. The Morgan fingerprint density at radius 1 is 1.22 bits per heavy atom. The molecule has 3 nitrogen and oxygen atoms in total. The van der Waals surface area contributed by atoms with Crippen molar-refractivity contribution in [3.05, 3.63) is 47.9 Å². The summed E-state index contributed by atoms with van der Waals surface area (Å²) in [4.78, 5) is 8.98. The van der Waals surface area contributed by atoms with Gasteiger partial charge in [0, 0.05) is 37.5 Å². The lowest BCUT2D eigenvalue weighted by Gasteiger charge is -2.21. The normalized spacial score (nSPS) is 29.8. The molecule has 18 heavy (non-hydrogen) atoms. The molecule has 3 heteroatoms. The van der Waals surface area contributed by atoms with Crippen molar-refractivity contribution in [2.75, 3.05) is 6.54 Å². The van der Waals surface area contributed by atoms with Gasteiger partial charge in [-0.2, -0.15) is 0 Å². The SMILES string of the molecule is C1=CC(C2=CC(C3=CNCC=C3)CC=N2)N=CC1. The zero-order chi connectivity index (χ0) is 12.2. The summed E-state index contributed by atoms with van der Waals surface area (Å²) < 4.78 is 0. The first-order chi connectivity index (χ1) is 8.93. The van der Waals surface area contributed by atoms with Crippen molar-refractivity contribution >= 4 is 12.4 Å². The molecular formula is C15H17N3. The van der Waals surface area contributed by atoms with Crippen molar-refractivity contribution in [1.82, 2.24) is 5.32 Å². The first kappa shape index (κ1) is 11.2. The van der Waals surface area contributed by atoms with E-state index >= 15 is 0 Å². The van der Waals surface area contributed by atoms with Crippen molar-refractivity contribution in [2.45, 2.75) is 18.9 Å². The molecule has 0 bridgehead atoms. The van der Waals surface area contributed by atoms with Crippen molar-refractivity contribution in [3.63, 3.8) is 0 Å². The summed E-state index contributed by atoms with van der Waals surface area (Å²) in [6.45, 7) is 0.927. The predicted octanol–water partition coefficient (Wildman–Crippen LogP) is 2.40. The van der Waals surface area contributed by atoms with Crippen LogP contribution in [0.25, 0.3) is 0 Å². The third kappa shape index (κ3) is 2.35. The summed E-state index contributed by atoms with van der Waals surface area (Å²) in [5.74, 6) is 0.423. The van der Waals surface area contributed by atoms with E-state index in [-0.39, 0.29) is 6.04 Å². The standard InChI is InChI=1S/C15H17N3/c1-2-8-17-14(5-1)15-10-12(6-9-18-15)13-4-3-7-16-11-13/h1,3-5,8-12,14,16H,2,6-7H2. The van der Waals surface area contributed by atoms with Gasteiger partial charge in [-0.25, -0.2) is 0 Å². The Kier molecular flexibility index (Phi) is 3.22. The molecule has 3 rings (SSSR count). The molecule has 1 N–H and O–H groups in total. The van der Waals surface area contributed by atoms with Crippen LogP contribution in [0.4, 0.5) is 0 Å². The van der Waals surface area contributed by atoms with Crippen molar-refractivity contribution < 1.29 is 0 Å². The average molecular weight is 239 g/mol. The minimum absolute atomic E-state index is 0.110. The van der Waals surface area contributed by atoms with E-state index in [1.807, 2.05) is 12.4 Å². The van der Waals surface area contributed by atoms with Gasteiger partial charge < -0.3 is 5.32 Å². The van der Waals surface area contributed by atoms with Gasteiger partial charge in [0.15, 0.2) is 0 Å². The molecule has 2 atom stereocenters. The highest BCUT2D eigenvalue weighted by molar-refractivity contribution is 5.66. The Hall–Kier alpha value is -1.90. The molecule has 92 valence electrons. The minimum atomic E-state index is 0.110. The van der Waals surface area contributed by atoms with E-state index in [1.165, 1.54) is 5.57 Å². The summed E-state index contributed by atoms with van der Waals surface area (Å²) in [6, 6.07) is 0.110. The van der Waals surface area contributed by atoms with Gasteiger partial charge in [-0.15, -0.1) is 0 Å².